The summed E-state index contributed by atoms with van der Waals surface area (Å²) in [5.41, 5.74) is 4.56. The Morgan fingerprint density at radius 2 is 2.22 bits per heavy atom. The number of allylic oxidation sites excluding steroid dienone is 6. The standard InChI is InChI=1S/C26H30N4O2/c1-3-5-9-17(4-2)18-14-15-26(16-18)23-20(11-8-12-21(23)31)27-24(30-26)29-25-28-19-10-6-7-13-22(19)32-25/h3-7,9-10,13,18,24,27,30H,1,8,11-12,14-16H2,2H3,(H,28,29)/b9-5-,17-4+/t18?,24?,26-/m0/s1. The van der Waals surface area contributed by atoms with Crippen molar-refractivity contribution in [3.05, 3.63) is 72.0 Å². The number of hydrogen-bond acceptors (Lipinski definition) is 6. The van der Waals surface area contributed by atoms with Gasteiger partial charge in [0.1, 0.15) is 5.52 Å². The lowest BCUT2D eigenvalue weighted by atomic mass is 9.76. The monoisotopic (exact) mass is 430 g/mol. The van der Waals surface area contributed by atoms with Crippen molar-refractivity contribution in [3.63, 3.8) is 0 Å². The van der Waals surface area contributed by atoms with Gasteiger partial charge in [-0.05, 0) is 62.7 Å². The first-order chi connectivity index (χ1) is 15.6. The van der Waals surface area contributed by atoms with Crippen LogP contribution in [0.3, 0.4) is 0 Å². The molecule has 1 spiro atoms. The molecule has 2 aliphatic carbocycles. The Hall–Kier alpha value is -3.12. The molecule has 166 valence electrons. The van der Waals surface area contributed by atoms with E-state index in [1.165, 1.54) is 5.57 Å². The number of ketones is 1. The molecule has 0 amide bonds. The van der Waals surface area contributed by atoms with Crippen LogP contribution >= 0.6 is 0 Å². The molecule has 0 bridgehead atoms. The van der Waals surface area contributed by atoms with Gasteiger partial charge in [-0.15, -0.1) is 0 Å². The molecular formula is C26H30N4O2. The molecule has 6 heteroatoms. The van der Waals surface area contributed by atoms with Gasteiger partial charge in [0, 0.05) is 17.7 Å². The molecule has 1 aromatic carbocycles. The zero-order valence-corrected chi connectivity index (χ0v) is 18.5. The van der Waals surface area contributed by atoms with Gasteiger partial charge in [-0.25, -0.2) is 0 Å². The highest BCUT2D eigenvalue weighted by Crippen LogP contribution is 2.47. The van der Waals surface area contributed by atoms with Gasteiger partial charge in [-0.2, -0.15) is 4.98 Å². The zero-order chi connectivity index (χ0) is 22.1. The molecule has 0 saturated heterocycles. The molecule has 6 nitrogen and oxygen atoms in total. The smallest absolute Gasteiger partial charge is 0.298 e. The van der Waals surface area contributed by atoms with E-state index in [-0.39, 0.29) is 17.6 Å². The molecule has 3 N–H and O–H groups in total. The van der Waals surface area contributed by atoms with Crippen molar-refractivity contribution in [3.8, 4) is 0 Å². The van der Waals surface area contributed by atoms with E-state index in [1.807, 2.05) is 36.4 Å². The fourth-order valence-corrected chi connectivity index (χ4v) is 5.57. The third-order valence-electron chi connectivity index (χ3n) is 6.93. The number of rotatable bonds is 5. The van der Waals surface area contributed by atoms with Gasteiger partial charge in [0.05, 0.1) is 5.54 Å². The molecule has 3 atom stereocenters. The van der Waals surface area contributed by atoms with Gasteiger partial charge in [-0.3, -0.25) is 10.1 Å². The second-order valence-electron chi connectivity index (χ2n) is 8.89. The number of nitrogens with zero attached hydrogens (tertiary/aromatic N) is 1. The number of carbonyl (C=O) groups is 1. The van der Waals surface area contributed by atoms with E-state index < -0.39 is 0 Å². The topological polar surface area (TPSA) is 79.2 Å². The van der Waals surface area contributed by atoms with Crippen LogP contribution in [0.25, 0.3) is 11.1 Å². The van der Waals surface area contributed by atoms with Gasteiger partial charge in [0.2, 0.25) is 0 Å². The Morgan fingerprint density at radius 3 is 3.03 bits per heavy atom. The van der Waals surface area contributed by atoms with Crippen molar-refractivity contribution in [2.24, 2.45) is 5.92 Å². The average Bonchev–Trinajstić information content (AvgIpc) is 3.38. The summed E-state index contributed by atoms with van der Waals surface area (Å²) in [7, 11) is 0. The minimum atomic E-state index is -0.345. The SMILES string of the molecule is C=C/C=C\C(=C/C)C1CC[C@@]2(C1)NC(Nc1nc3ccccc3o1)NC1=C2C(=O)CCC1. The largest absolute Gasteiger partial charge is 0.423 e. The van der Waals surface area contributed by atoms with Crippen LogP contribution in [-0.4, -0.2) is 22.6 Å². The fourth-order valence-electron chi connectivity index (χ4n) is 5.57. The summed E-state index contributed by atoms with van der Waals surface area (Å²) in [6.45, 7) is 5.88. The summed E-state index contributed by atoms with van der Waals surface area (Å²) in [4.78, 5) is 17.6. The van der Waals surface area contributed by atoms with Gasteiger partial charge in [0.15, 0.2) is 17.7 Å². The number of para-hydroxylation sites is 2. The number of anilines is 1. The summed E-state index contributed by atoms with van der Waals surface area (Å²) in [5.74, 6) is 0.672. The third-order valence-corrected chi connectivity index (χ3v) is 6.93. The molecule has 2 heterocycles. The van der Waals surface area contributed by atoms with Gasteiger partial charge in [-0.1, -0.05) is 43.0 Å². The molecule has 5 rings (SSSR count). The van der Waals surface area contributed by atoms with Gasteiger partial charge < -0.3 is 15.1 Å². The number of aromatic nitrogens is 1. The Balaban J connectivity index is 1.44. The van der Waals surface area contributed by atoms with Gasteiger partial charge >= 0.3 is 0 Å². The van der Waals surface area contributed by atoms with Gasteiger partial charge in [0.25, 0.3) is 6.01 Å². The number of benzene rings is 1. The zero-order valence-electron chi connectivity index (χ0n) is 18.5. The average molecular weight is 431 g/mol. The Bertz CT molecular complexity index is 1110. The van der Waals surface area contributed by atoms with E-state index in [1.54, 1.807) is 0 Å². The maximum absolute atomic E-state index is 13.1. The van der Waals surface area contributed by atoms with E-state index in [2.05, 4.69) is 46.6 Å². The maximum Gasteiger partial charge on any atom is 0.298 e. The lowest BCUT2D eigenvalue weighted by Gasteiger charge is -2.45. The van der Waals surface area contributed by atoms with Crippen molar-refractivity contribution in [1.29, 1.82) is 0 Å². The lowest BCUT2D eigenvalue weighted by molar-refractivity contribution is -0.117. The molecule has 3 aliphatic rings. The summed E-state index contributed by atoms with van der Waals surface area (Å²) in [5, 5.41) is 10.6. The van der Waals surface area contributed by atoms with Crippen molar-refractivity contribution in [2.45, 2.75) is 57.3 Å². The number of fused-ring (bicyclic) bond motifs is 2. The van der Waals surface area contributed by atoms with Crippen LogP contribution in [0.2, 0.25) is 0 Å². The molecule has 1 saturated carbocycles. The lowest BCUT2D eigenvalue weighted by Crippen LogP contribution is -2.64. The minimum absolute atomic E-state index is 0.260. The Morgan fingerprint density at radius 1 is 1.34 bits per heavy atom. The quantitative estimate of drug-likeness (QED) is 0.583. The van der Waals surface area contributed by atoms with Crippen molar-refractivity contribution in [2.75, 3.05) is 5.32 Å². The Kier molecular flexibility index (Phi) is 5.47. The van der Waals surface area contributed by atoms with E-state index in [4.69, 9.17) is 4.42 Å². The van der Waals surface area contributed by atoms with Crippen LogP contribution in [0.4, 0.5) is 6.01 Å². The predicted octanol–water partition coefficient (Wildman–Crippen LogP) is 4.95. The van der Waals surface area contributed by atoms with Crippen LogP contribution in [0.1, 0.15) is 45.4 Å². The molecule has 2 aromatic rings. The molecule has 2 unspecified atom stereocenters. The number of oxazole rings is 1. The fraction of sp³-hybridized carbons (Fsp3) is 0.385. The molecule has 1 aromatic heterocycles. The van der Waals surface area contributed by atoms with E-state index in [0.717, 1.165) is 54.5 Å². The first-order valence-corrected chi connectivity index (χ1v) is 11.5. The van der Waals surface area contributed by atoms with Crippen LogP contribution in [0, 0.1) is 5.92 Å². The third kappa shape index (κ3) is 3.69. The first-order valence-electron chi connectivity index (χ1n) is 11.5. The minimum Gasteiger partial charge on any atom is -0.423 e. The molecule has 1 fully saturated rings. The Labute approximate surface area is 188 Å². The summed E-state index contributed by atoms with van der Waals surface area (Å²) < 4.78 is 5.89. The van der Waals surface area contributed by atoms with Crippen LogP contribution in [0.15, 0.2) is 76.4 Å². The number of nitrogens with one attached hydrogen (secondary N) is 3. The predicted molar refractivity (Wildman–Crippen MR) is 127 cm³/mol. The summed E-state index contributed by atoms with van der Waals surface area (Å²) in [6, 6.07) is 8.20. The first kappa shape index (κ1) is 20.8. The normalized spacial score (nSPS) is 28.4. The van der Waals surface area contributed by atoms with Crippen molar-refractivity contribution >= 4 is 22.9 Å². The summed E-state index contributed by atoms with van der Waals surface area (Å²) >= 11 is 0. The second-order valence-corrected chi connectivity index (χ2v) is 8.89. The summed E-state index contributed by atoms with van der Waals surface area (Å²) in [6.07, 6.45) is 13.1. The van der Waals surface area contributed by atoms with Crippen LogP contribution < -0.4 is 16.0 Å². The molecule has 0 radical (unpaired) electrons. The number of Topliss-reactive ketones (excluding diaryl/α,β-unsaturated/α-hetero) is 1. The maximum atomic E-state index is 13.1. The highest BCUT2D eigenvalue weighted by Gasteiger charge is 2.50. The number of hydrogen-bond donors (Lipinski definition) is 3. The van der Waals surface area contributed by atoms with Crippen molar-refractivity contribution < 1.29 is 9.21 Å². The van der Waals surface area contributed by atoms with E-state index in [0.29, 0.717) is 18.4 Å². The van der Waals surface area contributed by atoms with E-state index in [9.17, 15) is 4.79 Å². The highest BCUT2D eigenvalue weighted by atomic mass is 16.4. The number of carbonyl (C=O) groups excluding carboxylic acids is 1. The van der Waals surface area contributed by atoms with Crippen LogP contribution in [0.5, 0.6) is 0 Å². The highest BCUT2D eigenvalue weighted by molar-refractivity contribution is 5.99. The second kappa shape index (κ2) is 8.43. The van der Waals surface area contributed by atoms with Crippen molar-refractivity contribution in [1.82, 2.24) is 15.6 Å². The molecular weight excluding hydrogens is 400 g/mol. The van der Waals surface area contributed by atoms with E-state index >= 15 is 0 Å². The molecule has 32 heavy (non-hydrogen) atoms. The molecule has 1 aliphatic heterocycles. The van der Waals surface area contributed by atoms with Crippen LogP contribution in [-0.2, 0) is 4.79 Å².